The summed E-state index contributed by atoms with van der Waals surface area (Å²) >= 11 is -2.70. The first-order valence-electron chi connectivity index (χ1n) is 20.9. The average molecular weight is 831 g/mol. The quantitative estimate of drug-likeness (QED) is 0.0793. The lowest BCUT2D eigenvalue weighted by Crippen LogP contribution is -2.68. The Labute approximate surface area is 337 Å². The molecule has 57 heavy (non-hydrogen) atoms. The zero-order valence-electron chi connectivity index (χ0n) is 34.3. The fourth-order valence-corrected chi connectivity index (χ4v) is 14.1. The Morgan fingerprint density at radius 2 is 1.58 bits per heavy atom. The molecule has 6 fully saturated rings. The van der Waals surface area contributed by atoms with Gasteiger partial charge in [-0.15, -0.1) is 0 Å². The van der Waals surface area contributed by atoms with Gasteiger partial charge < -0.3 is 54.7 Å². The van der Waals surface area contributed by atoms with Crippen molar-refractivity contribution in [3.05, 3.63) is 11.6 Å². The molecule has 0 amide bonds. The van der Waals surface area contributed by atoms with E-state index in [1.165, 1.54) is 0 Å². The highest BCUT2D eigenvalue weighted by Crippen LogP contribution is 2.76. The normalized spacial score (nSPS) is 53.9. The van der Waals surface area contributed by atoms with Gasteiger partial charge in [0.05, 0.1) is 30.3 Å². The van der Waals surface area contributed by atoms with E-state index < -0.39 is 96.2 Å². The van der Waals surface area contributed by atoms with Crippen LogP contribution in [0.25, 0.3) is 0 Å². The Morgan fingerprint density at radius 3 is 2.25 bits per heavy atom. The van der Waals surface area contributed by atoms with Crippen LogP contribution in [0.2, 0.25) is 0 Å². The molecule has 7 aliphatic rings. The third-order valence-electron chi connectivity index (χ3n) is 17.4. The molecule has 2 saturated heterocycles. The molecule has 4 unspecified atom stereocenters. The number of hydrogen-bond acceptors (Lipinski definition) is 14. The Bertz CT molecular complexity index is 1590. The molecule has 0 aromatic carbocycles. The first-order valence-corrected chi connectivity index (χ1v) is 21.9. The van der Waals surface area contributed by atoms with Crippen molar-refractivity contribution in [2.75, 3.05) is 13.2 Å². The van der Waals surface area contributed by atoms with Crippen molar-refractivity contribution in [3.8, 4) is 0 Å². The maximum Gasteiger partial charge on any atom is 0.315 e. The molecule has 2 aliphatic heterocycles. The predicted molar refractivity (Wildman–Crippen MR) is 203 cm³/mol. The molecular weight excluding hydrogens is 765 g/mol. The minimum atomic E-state index is -2.70. The number of aliphatic hydroxyl groups excluding tert-OH is 6. The van der Waals surface area contributed by atoms with Crippen LogP contribution in [0, 0.1) is 50.7 Å². The van der Waals surface area contributed by atoms with E-state index in [-0.39, 0.29) is 52.1 Å². The number of carbonyl (C=O) groups is 1. The van der Waals surface area contributed by atoms with Crippen LogP contribution in [0.3, 0.4) is 0 Å². The number of aliphatic hydroxyl groups is 7. The molecule has 326 valence electrons. The second-order valence-corrected chi connectivity index (χ2v) is 20.8. The molecule has 0 aromatic rings. The zero-order chi connectivity index (χ0) is 41.8. The highest BCUT2D eigenvalue weighted by molar-refractivity contribution is 7.74. The summed E-state index contributed by atoms with van der Waals surface area (Å²) in [5, 5.41) is 75.2. The van der Waals surface area contributed by atoms with Gasteiger partial charge in [0, 0.05) is 5.92 Å². The van der Waals surface area contributed by atoms with E-state index in [4.69, 9.17) is 23.1 Å². The molecule has 2 heterocycles. The molecule has 5 aliphatic carbocycles. The van der Waals surface area contributed by atoms with Gasteiger partial charge in [-0.05, 0) is 104 Å². The lowest BCUT2D eigenvalue weighted by atomic mass is 9.33. The molecular formula is C41H66O15S. The van der Waals surface area contributed by atoms with Gasteiger partial charge >= 0.3 is 17.3 Å². The second kappa shape index (κ2) is 15.1. The Kier molecular flexibility index (Phi) is 11.6. The van der Waals surface area contributed by atoms with E-state index in [0.29, 0.717) is 32.1 Å². The molecule has 0 radical (unpaired) electrons. The van der Waals surface area contributed by atoms with E-state index in [1.807, 2.05) is 13.8 Å². The first kappa shape index (κ1) is 44.0. The van der Waals surface area contributed by atoms with Crippen LogP contribution in [0.1, 0.15) is 106 Å². The summed E-state index contributed by atoms with van der Waals surface area (Å²) in [6, 6.07) is 0. The molecule has 7 rings (SSSR count). The molecule has 0 bridgehead atoms. The van der Waals surface area contributed by atoms with Gasteiger partial charge in [0.1, 0.15) is 42.7 Å². The summed E-state index contributed by atoms with van der Waals surface area (Å²) in [6.45, 7) is 14.5. The summed E-state index contributed by atoms with van der Waals surface area (Å²) in [6.07, 6.45) is -4.97. The molecule has 20 atom stereocenters. The second-order valence-electron chi connectivity index (χ2n) is 20.2. The number of fused-ring (bicyclic) bond motifs is 7. The molecule has 8 N–H and O–H groups in total. The van der Waals surface area contributed by atoms with E-state index in [0.717, 1.165) is 31.3 Å². The van der Waals surface area contributed by atoms with E-state index >= 15 is 0 Å². The summed E-state index contributed by atoms with van der Waals surface area (Å²) in [5.41, 5.74) is -2.43. The third kappa shape index (κ3) is 6.57. The van der Waals surface area contributed by atoms with Crippen molar-refractivity contribution in [1.29, 1.82) is 0 Å². The Morgan fingerprint density at radius 1 is 0.877 bits per heavy atom. The van der Waals surface area contributed by atoms with Crippen LogP contribution in [0.5, 0.6) is 0 Å². The minimum absolute atomic E-state index is 0.123. The summed E-state index contributed by atoms with van der Waals surface area (Å²) < 4.78 is 49.4. The topological polar surface area (TPSA) is 242 Å². The van der Waals surface area contributed by atoms with Gasteiger partial charge in [-0.2, -0.15) is 4.21 Å². The monoisotopic (exact) mass is 830 g/mol. The minimum Gasteiger partial charge on any atom is -0.432 e. The standard InChI is InChI=1S/C41H66O15S/c1-20-10-15-41(35(48)55-34-29(46)28(45)27(44)23(18-42)53-34)17-16-38(5)21(32(41)40(20,7)49)8-9-25-37(4)13-12-26(36(2,3)24(37)11-14-39(25,38)6)54-33-30(47)31(56-57(50)51)22(43)19-52-33/h8,20,22-34,42-47,49H,9-19H2,1-7H3,(H,50,51)/t20-,22-,23+,24?,25?,26-,27+,28-,29+,30+,31-,32?,33-,34-,37-,38+,39+,40+,41-/m0/s1. The zero-order valence-corrected chi connectivity index (χ0v) is 35.1. The van der Waals surface area contributed by atoms with E-state index in [9.17, 15) is 49.3 Å². The van der Waals surface area contributed by atoms with Crippen LogP contribution in [-0.4, -0.2) is 131 Å². The van der Waals surface area contributed by atoms with Crippen LogP contribution in [-0.2, 0) is 39.3 Å². The Balaban J connectivity index is 1.17. The van der Waals surface area contributed by atoms with Gasteiger partial charge in [-0.25, -0.2) is 0 Å². The summed E-state index contributed by atoms with van der Waals surface area (Å²) in [4.78, 5) is 14.6. The number of rotatable bonds is 7. The summed E-state index contributed by atoms with van der Waals surface area (Å²) in [7, 11) is 0. The molecule has 0 spiro atoms. The number of carbonyl (C=O) groups excluding carboxylic acids is 1. The highest BCUT2D eigenvalue weighted by atomic mass is 32.2. The van der Waals surface area contributed by atoms with Gasteiger partial charge in [0.2, 0.25) is 6.29 Å². The SMILES string of the molecule is C[C@H]1CC[C@]2(C(=O)O[C@@H]3O[C@H](CO)[C@@H](O)[C@H](O)[C@H]3O)CC[C@]3(C)C(=CCC4[C@@]5(C)CC[C@H](O[C@@H]6OC[C@H](O)[C@H](OS(=O)O)[C@H]6O)C(C)(C)C5CC[C@]43C)C2[C@]1(C)O. The van der Waals surface area contributed by atoms with Crippen molar-refractivity contribution in [1.82, 2.24) is 0 Å². The van der Waals surface area contributed by atoms with Crippen molar-refractivity contribution < 1.29 is 72.4 Å². The summed E-state index contributed by atoms with van der Waals surface area (Å²) in [5.74, 6) is -0.875. The predicted octanol–water partition coefficient (Wildman–Crippen LogP) is 2.09. The molecule has 4 saturated carbocycles. The van der Waals surface area contributed by atoms with Crippen LogP contribution < -0.4 is 0 Å². The van der Waals surface area contributed by atoms with Crippen LogP contribution in [0.15, 0.2) is 11.6 Å². The third-order valence-corrected chi connectivity index (χ3v) is 17.8. The van der Waals surface area contributed by atoms with Gasteiger partial charge in [0.25, 0.3) is 0 Å². The van der Waals surface area contributed by atoms with Crippen molar-refractivity contribution >= 4 is 17.3 Å². The van der Waals surface area contributed by atoms with Crippen molar-refractivity contribution in [3.63, 3.8) is 0 Å². The highest BCUT2D eigenvalue weighted by Gasteiger charge is 2.72. The lowest BCUT2D eigenvalue weighted by Gasteiger charge is -2.72. The maximum atomic E-state index is 14.6. The number of allylic oxidation sites excluding steroid dienone is 1. The smallest absolute Gasteiger partial charge is 0.315 e. The van der Waals surface area contributed by atoms with Gasteiger partial charge in [-0.1, -0.05) is 53.2 Å². The largest absolute Gasteiger partial charge is 0.432 e. The average Bonchev–Trinajstić information content (AvgIpc) is 3.14. The molecule has 15 nitrogen and oxygen atoms in total. The van der Waals surface area contributed by atoms with Crippen molar-refractivity contribution in [2.45, 2.75) is 173 Å². The lowest BCUT2D eigenvalue weighted by molar-refractivity contribution is -0.306. The number of hydrogen-bond donors (Lipinski definition) is 8. The van der Waals surface area contributed by atoms with Gasteiger partial charge in [0.15, 0.2) is 6.29 Å². The van der Waals surface area contributed by atoms with E-state index in [2.05, 4.69) is 40.7 Å². The Hall–Kier alpha value is -1.12. The fraction of sp³-hybridized carbons (Fsp3) is 0.927. The van der Waals surface area contributed by atoms with Crippen LogP contribution >= 0.6 is 0 Å². The van der Waals surface area contributed by atoms with Crippen LogP contribution in [0.4, 0.5) is 0 Å². The van der Waals surface area contributed by atoms with Gasteiger partial charge in [-0.3, -0.25) is 13.5 Å². The number of esters is 1. The maximum absolute atomic E-state index is 14.6. The fourth-order valence-electron chi connectivity index (χ4n) is 13.7. The van der Waals surface area contributed by atoms with Crippen molar-refractivity contribution in [2.24, 2.45) is 50.7 Å². The van der Waals surface area contributed by atoms with E-state index in [1.54, 1.807) is 0 Å². The molecule has 0 aromatic heterocycles. The molecule has 16 heteroatoms. The first-order chi connectivity index (χ1) is 26.5. The number of ether oxygens (including phenoxy) is 4.